The lowest BCUT2D eigenvalue weighted by Gasteiger charge is -2.27. The van der Waals surface area contributed by atoms with Gasteiger partial charge in [0.25, 0.3) is 0 Å². The Labute approximate surface area is 121 Å². The third kappa shape index (κ3) is 4.06. The number of nitrogens with two attached hydrogens (primary N) is 1. The van der Waals surface area contributed by atoms with E-state index in [0.717, 1.165) is 18.7 Å². The van der Waals surface area contributed by atoms with Crippen molar-refractivity contribution < 1.29 is 4.39 Å². The molecule has 1 aromatic carbocycles. The zero-order chi connectivity index (χ0) is 14.4. The maximum absolute atomic E-state index is 13.7. The van der Waals surface area contributed by atoms with Crippen LogP contribution in [0.1, 0.15) is 43.7 Å². The fraction of sp³-hybridized carbons (Fsp3) is 0.529. The van der Waals surface area contributed by atoms with Gasteiger partial charge >= 0.3 is 0 Å². The molecule has 0 bridgehead atoms. The first-order chi connectivity index (χ1) is 9.72. The minimum Gasteiger partial charge on any atom is -0.320 e. The molecule has 1 aliphatic rings. The molecule has 1 fully saturated rings. The van der Waals surface area contributed by atoms with Crippen molar-refractivity contribution in [1.29, 1.82) is 0 Å². The summed E-state index contributed by atoms with van der Waals surface area (Å²) in [5, 5.41) is 0. The molecule has 108 valence electrons. The summed E-state index contributed by atoms with van der Waals surface area (Å²) in [5.74, 6) is 5.48. The van der Waals surface area contributed by atoms with Gasteiger partial charge in [0.15, 0.2) is 0 Å². The summed E-state index contributed by atoms with van der Waals surface area (Å²) >= 11 is 0. The van der Waals surface area contributed by atoms with Gasteiger partial charge in [0.1, 0.15) is 5.82 Å². The van der Waals surface area contributed by atoms with Crippen LogP contribution in [0.15, 0.2) is 18.2 Å². The van der Waals surface area contributed by atoms with Crippen LogP contribution in [0.5, 0.6) is 0 Å². The highest BCUT2D eigenvalue weighted by Gasteiger charge is 2.21. The third-order valence-corrected chi connectivity index (χ3v) is 3.93. The summed E-state index contributed by atoms with van der Waals surface area (Å²) in [6.45, 7) is 4.28. The van der Waals surface area contributed by atoms with Crippen molar-refractivity contribution in [2.45, 2.75) is 45.2 Å². The molecular formula is C17H23FN2. The van der Waals surface area contributed by atoms with Gasteiger partial charge in [-0.3, -0.25) is 4.90 Å². The lowest BCUT2D eigenvalue weighted by molar-refractivity contribution is 0.200. The molecule has 0 spiro atoms. The molecule has 0 unspecified atom stereocenters. The van der Waals surface area contributed by atoms with Crippen LogP contribution in [-0.2, 0) is 6.54 Å². The zero-order valence-corrected chi connectivity index (χ0v) is 12.2. The minimum atomic E-state index is -0.216. The second-order valence-corrected chi connectivity index (χ2v) is 5.36. The van der Waals surface area contributed by atoms with Crippen LogP contribution < -0.4 is 5.73 Å². The summed E-state index contributed by atoms with van der Waals surface area (Å²) in [6, 6.07) is 5.72. The number of halogens is 1. The van der Waals surface area contributed by atoms with E-state index in [1.54, 1.807) is 6.07 Å². The average molecular weight is 274 g/mol. The number of rotatable bonds is 4. The summed E-state index contributed by atoms with van der Waals surface area (Å²) in [7, 11) is 0. The average Bonchev–Trinajstić information content (AvgIpc) is 2.96. The molecule has 1 aliphatic carbocycles. The second kappa shape index (κ2) is 7.42. The molecule has 0 radical (unpaired) electrons. The normalized spacial score (nSPS) is 15.4. The van der Waals surface area contributed by atoms with Gasteiger partial charge in [0.2, 0.25) is 0 Å². The SMILES string of the molecule is CCN(Cc1cc(F)cc(C#CCN)c1)C1CCCC1. The van der Waals surface area contributed by atoms with Gasteiger partial charge in [0.05, 0.1) is 6.54 Å². The Hall–Kier alpha value is -1.37. The lowest BCUT2D eigenvalue weighted by Crippen LogP contribution is -2.32. The van der Waals surface area contributed by atoms with Crippen molar-refractivity contribution in [2.24, 2.45) is 5.73 Å². The third-order valence-electron chi connectivity index (χ3n) is 3.93. The largest absolute Gasteiger partial charge is 0.320 e. The Bertz CT molecular complexity index is 495. The molecule has 2 N–H and O–H groups in total. The van der Waals surface area contributed by atoms with Gasteiger partial charge < -0.3 is 5.73 Å². The molecule has 0 amide bonds. The first-order valence-corrected chi connectivity index (χ1v) is 7.45. The van der Waals surface area contributed by atoms with E-state index in [4.69, 9.17) is 5.73 Å². The summed E-state index contributed by atoms with van der Waals surface area (Å²) in [5.41, 5.74) is 7.08. The standard InChI is InChI=1S/C17H23FN2/c1-2-20(17-7-3-4-8-17)13-15-10-14(6-5-9-19)11-16(18)12-15/h10-12,17H,2-4,7-9,13,19H2,1H3. The smallest absolute Gasteiger partial charge is 0.124 e. The fourth-order valence-electron chi connectivity index (χ4n) is 2.97. The first kappa shape index (κ1) is 15.0. The van der Waals surface area contributed by atoms with E-state index < -0.39 is 0 Å². The number of hydrogen-bond acceptors (Lipinski definition) is 2. The van der Waals surface area contributed by atoms with Crippen molar-refractivity contribution in [3.63, 3.8) is 0 Å². The summed E-state index contributed by atoms with van der Waals surface area (Å²) < 4.78 is 13.7. The second-order valence-electron chi connectivity index (χ2n) is 5.36. The molecule has 0 heterocycles. The van der Waals surface area contributed by atoms with Crippen LogP contribution in [0, 0.1) is 17.7 Å². The monoisotopic (exact) mass is 274 g/mol. The van der Waals surface area contributed by atoms with Crippen LogP contribution in [0.3, 0.4) is 0 Å². The van der Waals surface area contributed by atoms with E-state index in [1.165, 1.54) is 31.7 Å². The van der Waals surface area contributed by atoms with Crippen molar-refractivity contribution in [3.05, 3.63) is 35.1 Å². The Morgan fingerprint density at radius 2 is 2.05 bits per heavy atom. The van der Waals surface area contributed by atoms with Crippen molar-refractivity contribution in [2.75, 3.05) is 13.1 Å². The summed E-state index contributed by atoms with van der Waals surface area (Å²) in [6.07, 6.45) is 5.17. The van der Waals surface area contributed by atoms with Crippen molar-refractivity contribution in [3.8, 4) is 11.8 Å². The maximum Gasteiger partial charge on any atom is 0.124 e. The molecule has 2 nitrogen and oxygen atoms in total. The highest BCUT2D eigenvalue weighted by atomic mass is 19.1. The van der Waals surface area contributed by atoms with Crippen LogP contribution >= 0.6 is 0 Å². The van der Waals surface area contributed by atoms with Gasteiger partial charge in [-0.15, -0.1) is 0 Å². The maximum atomic E-state index is 13.7. The lowest BCUT2D eigenvalue weighted by atomic mass is 10.1. The molecule has 2 rings (SSSR count). The molecule has 1 saturated carbocycles. The van der Waals surface area contributed by atoms with Gasteiger partial charge in [-0.25, -0.2) is 4.39 Å². The minimum absolute atomic E-state index is 0.216. The van der Waals surface area contributed by atoms with Crippen molar-refractivity contribution in [1.82, 2.24) is 4.90 Å². The van der Waals surface area contributed by atoms with Crippen LogP contribution in [-0.4, -0.2) is 24.0 Å². The molecule has 0 saturated heterocycles. The van der Waals surface area contributed by atoms with Crippen LogP contribution in [0.2, 0.25) is 0 Å². The topological polar surface area (TPSA) is 29.3 Å². The molecular weight excluding hydrogens is 251 g/mol. The molecule has 0 aromatic heterocycles. The Morgan fingerprint density at radius 1 is 1.30 bits per heavy atom. The van der Waals surface area contributed by atoms with Crippen molar-refractivity contribution >= 4 is 0 Å². The predicted molar refractivity (Wildman–Crippen MR) is 80.7 cm³/mol. The van der Waals surface area contributed by atoms with Crippen LogP contribution in [0.4, 0.5) is 4.39 Å². The van der Waals surface area contributed by atoms with Gasteiger partial charge in [0, 0.05) is 18.2 Å². The Morgan fingerprint density at radius 3 is 2.70 bits per heavy atom. The van der Waals surface area contributed by atoms with E-state index in [1.807, 2.05) is 6.07 Å². The number of hydrogen-bond donors (Lipinski definition) is 1. The zero-order valence-electron chi connectivity index (χ0n) is 12.2. The van der Waals surface area contributed by atoms with Gasteiger partial charge in [-0.05, 0) is 43.1 Å². The highest BCUT2D eigenvalue weighted by molar-refractivity contribution is 5.38. The predicted octanol–water partition coefficient (Wildman–Crippen LogP) is 2.90. The van der Waals surface area contributed by atoms with Gasteiger partial charge in [-0.2, -0.15) is 0 Å². The Balaban J connectivity index is 2.12. The van der Waals surface area contributed by atoms with E-state index >= 15 is 0 Å². The van der Waals surface area contributed by atoms with E-state index in [2.05, 4.69) is 23.7 Å². The highest BCUT2D eigenvalue weighted by Crippen LogP contribution is 2.25. The van der Waals surface area contributed by atoms with E-state index in [0.29, 0.717) is 18.2 Å². The van der Waals surface area contributed by atoms with Crippen LogP contribution in [0.25, 0.3) is 0 Å². The molecule has 0 aliphatic heterocycles. The summed E-state index contributed by atoms with van der Waals surface area (Å²) in [4.78, 5) is 2.45. The molecule has 20 heavy (non-hydrogen) atoms. The van der Waals surface area contributed by atoms with Gasteiger partial charge in [-0.1, -0.05) is 31.6 Å². The Kier molecular flexibility index (Phi) is 5.58. The molecule has 1 aromatic rings. The number of nitrogens with zero attached hydrogens (tertiary/aromatic N) is 1. The van der Waals surface area contributed by atoms with E-state index in [-0.39, 0.29) is 5.82 Å². The molecule has 3 heteroatoms. The quantitative estimate of drug-likeness (QED) is 0.855. The molecule has 0 atom stereocenters. The number of benzene rings is 1. The van der Waals surface area contributed by atoms with E-state index in [9.17, 15) is 4.39 Å². The first-order valence-electron chi connectivity index (χ1n) is 7.45. The fourth-order valence-corrected chi connectivity index (χ4v) is 2.97.